The molecule has 0 bridgehead atoms. The second kappa shape index (κ2) is 8.03. The molecule has 29 heavy (non-hydrogen) atoms. The molecule has 0 unspecified atom stereocenters. The molecule has 0 aliphatic carbocycles. The average molecular weight is 398 g/mol. The second-order valence-corrected chi connectivity index (χ2v) is 8.07. The number of rotatable bonds is 5. The van der Waals surface area contributed by atoms with Crippen LogP contribution in [0.25, 0.3) is 0 Å². The number of carbonyl (C=O) groups excluding carboxylic acids is 1. The van der Waals surface area contributed by atoms with Crippen LogP contribution in [0.15, 0.2) is 42.5 Å². The molecule has 2 aromatic carbocycles. The van der Waals surface area contributed by atoms with E-state index in [1.54, 1.807) is 37.4 Å². The highest BCUT2D eigenvalue weighted by molar-refractivity contribution is 5.95. The van der Waals surface area contributed by atoms with Gasteiger partial charge in [0, 0.05) is 31.1 Å². The number of amides is 1. The van der Waals surface area contributed by atoms with E-state index in [4.69, 9.17) is 9.47 Å². The van der Waals surface area contributed by atoms with Gasteiger partial charge in [-0.1, -0.05) is 12.1 Å². The van der Waals surface area contributed by atoms with E-state index in [-0.39, 0.29) is 29.8 Å². The van der Waals surface area contributed by atoms with Gasteiger partial charge < -0.3 is 19.7 Å². The summed E-state index contributed by atoms with van der Waals surface area (Å²) in [5.74, 6) is 1.46. The molecule has 2 aromatic rings. The molecule has 2 heterocycles. The minimum Gasteiger partial charge on any atom is -0.493 e. The molecule has 0 spiro atoms. The maximum absolute atomic E-state index is 13.9. The molecule has 154 valence electrons. The van der Waals surface area contributed by atoms with E-state index in [1.807, 2.05) is 24.8 Å². The lowest BCUT2D eigenvalue weighted by Gasteiger charge is -2.29. The lowest BCUT2D eigenvalue weighted by atomic mass is 9.89. The van der Waals surface area contributed by atoms with Crippen LogP contribution in [0.5, 0.6) is 11.5 Å². The van der Waals surface area contributed by atoms with E-state index in [1.165, 1.54) is 6.07 Å². The van der Waals surface area contributed by atoms with Crippen molar-refractivity contribution in [2.45, 2.75) is 26.0 Å². The summed E-state index contributed by atoms with van der Waals surface area (Å²) in [5, 5.41) is 3.41. The summed E-state index contributed by atoms with van der Waals surface area (Å²) in [4.78, 5) is 15.4. The summed E-state index contributed by atoms with van der Waals surface area (Å²) in [5.41, 5.74) is 1.40. The first-order chi connectivity index (χ1) is 14.0. The highest BCUT2D eigenvalue weighted by Crippen LogP contribution is 2.43. The van der Waals surface area contributed by atoms with E-state index in [0.29, 0.717) is 29.5 Å². The molecule has 1 N–H and O–H groups in total. The van der Waals surface area contributed by atoms with E-state index in [9.17, 15) is 9.18 Å². The molecular weight excluding hydrogens is 371 g/mol. The lowest BCUT2D eigenvalue weighted by molar-refractivity contribution is 0.0713. The molecule has 2 saturated heterocycles. The minimum atomic E-state index is -0.277. The molecule has 6 heteroatoms. The van der Waals surface area contributed by atoms with Crippen LogP contribution < -0.4 is 14.8 Å². The zero-order valence-corrected chi connectivity index (χ0v) is 17.0. The molecular formula is C23H27FN2O3. The number of likely N-dealkylation sites (tertiary alicyclic amines) is 1. The smallest absolute Gasteiger partial charge is 0.254 e. The Bertz CT molecular complexity index is 901. The second-order valence-electron chi connectivity index (χ2n) is 8.07. The van der Waals surface area contributed by atoms with Crippen molar-refractivity contribution in [1.82, 2.24) is 10.2 Å². The quantitative estimate of drug-likeness (QED) is 0.835. The Kier molecular flexibility index (Phi) is 5.46. The first kappa shape index (κ1) is 19.7. The zero-order chi connectivity index (χ0) is 20.5. The van der Waals surface area contributed by atoms with Gasteiger partial charge in [-0.3, -0.25) is 4.79 Å². The summed E-state index contributed by atoms with van der Waals surface area (Å²) in [6.45, 7) is 6.26. The predicted octanol–water partition coefficient (Wildman–Crippen LogP) is 3.65. The van der Waals surface area contributed by atoms with E-state index in [2.05, 4.69) is 5.32 Å². The Balaban J connectivity index is 1.66. The maximum atomic E-state index is 13.9. The van der Waals surface area contributed by atoms with Gasteiger partial charge in [-0.2, -0.15) is 0 Å². The Hall–Kier alpha value is -2.60. The van der Waals surface area contributed by atoms with Crippen molar-refractivity contribution in [3.8, 4) is 11.5 Å². The number of nitrogens with zero attached hydrogens (tertiary/aromatic N) is 1. The van der Waals surface area contributed by atoms with Crippen molar-refractivity contribution in [3.05, 3.63) is 59.4 Å². The average Bonchev–Trinajstić information content (AvgIpc) is 3.28. The lowest BCUT2D eigenvalue weighted by Crippen LogP contribution is -2.34. The molecule has 0 aromatic heterocycles. The first-order valence-corrected chi connectivity index (χ1v) is 10.1. The number of fused-ring (bicyclic) bond motifs is 1. The number of hydrogen-bond acceptors (Lipinski definition) is 4. The number of carbonyl (C=O) groups is 1. The molecule has 2 aliphatic heterocycles. The van der Waals surface area contributed by atoms with Gasteiger partial charge >= 0.3 is 0 Å². The van der Waals surface area contributed by atoms with Crippen LogP contribution in [-0.4, -0.2) is 43.7 Å². The Morgan fingerprint density at radius 1 is 1.17 bits per heavy atom. The summed E-state index contributed by atoms with van der Waals surface area (Å²) < 4.78 is 25.1. The molecule has 5 nitrogen and oxygen atoms in total. The van der Waals surface area contributed by atoms with Crippen molar-refractivity contribution >= 4 is 5.91 Å². The highest BCUT2D eigenvalue weighted by Gasteiger charge is 2.47. The van der Waals surface area contributed by atoms with Crippen LogP contribution >= 0.6 is 0 Å². The number of nitrogens with one attached hydrogen (secondary N) is 1. The minimum absolute atomic E-state index is 0.00765. The molecule has 0 radical (unpaired) electrons. The van der Waals surface area contributed by atoms with Crippen LogP contribution in [0.1, 0.15) is 35.8 Å². The molecule has 0 saturated carbocycles. The van der Waals surface area contributed by atoms with Crippen LogP contribution in [0, 0.1) is 17.7 Å². The SMILES string of the molecule is COc1cc(C(=O)N2C[C@@H]3CNC[C@@H]3[C@H]2c2cccc(F)c2)ccc1OC(C)C. The first-order valence-electron chi connectivity index (χ1n) is 10.1. The molecule has 2 fully saturated rings. The third-order valence-corrected chi connectivity index (χ3v) is 5.79. The van der Waals surface area contributed by atoms with Gasteiger partial charge in [-0.15, -0.1) is 0 Å². The van der Waals surface area contributed by atoms with Gasteiger partial charge in [0.25, 0.3) is 5.91 Å². The van der Waals surface area contributed by atoms with Gasteiger partial charge in [0.1, 0.15) is 5.82 Å². The monoisotopic (exact) mass is 398 g/mol. The van der Waals surface area contributed by atoms with E-state index in [0.717, 1.165) is 18.7 Å². The fourth-order valence-electron chi connectivity index (χ4n) is 4.56. The topological polar surface area (TPSA) is 50.8 Å². The van der Waals surface area contributed by atoms with Gasteiger partial charge in [-0.05, 0) is 55.7 Å². The normalized spacial score (nSPS) is 23.3. The predicted molar refractivity (Wildman–Crippen MR) is 109 cm³/mol. The number of hydrogen-bond donors (Lipinski definition) is 1. The van der Waals surface area contributed by atoms with Crippen LogP contribution in [-0.2, 0) is 0 Å². The van der Waals surface area contributed by atoms with Crippen LogP contribution in [0.4, 0.5) is 4.39 Å². The Morgan fingerprint density at radius 2 is 2.00 bits per heavy atom. The summed E-state index contributed by atoms with van der Waals surface area (Å²) in [7, 11) is 1.57. The van der Waals surface area contributed by atoms with Crippen molar-refractivity contribution < 1.29 is 18.7 Å². The largest absolute Gasteiger partial charge is 0.493 e. The standard InChI is InChI=1S/C23H27FN2O3/c1-14(2)29-20-8-7-16(10-21(20)28-3)23(27)26-13-17-11-25-12-19(17)22(26)15-5-4-6-18(24)9-15/h4-10,14,17,19,22,25H,11-13H2,1-3H3/t17-,19-,22+/m0/s1. The molecule has 2 aliphatic rings. The number of ether oxygens (including phenoxy) is 2. The fraction of sp³-hybridized carbons (Fsp3) is 0.435. The maximum Gasteiger partial charge on any atom is 0.254 e. The molecule has 1 amide bonds. The van der Waals surface area contributed by atoms with Gasteiger partial charge in [0.15, 0.2) is 11.5 Å². The number of halogens is 1. The summed E-state index contributed by atoms with van der Waals surface area (Å²) in [6.07, 6.45) is 0.00765. The van der Waals surface area contributed by atoms with Gasteiger partial charge in [-0.25, -0.2) is 4.39 Å². The molecule has 3 atom stereocenters. The highest BCUT2D eigenvalue weighted by atomic mass is 19.1. The number of benzene rings is 2. The van der Waals surface area contributed by atoms with Crippen LogP contribution in [0.3, 0.4) is 0 Å². The Morgan fingerprint density at radius 3 is 2.72 bits per heavy atom. The number of methoxy groups -OCH3 is 1. The van der Waals surface area contributed by atoms with Crippen LogP contribution in [0.2, 0.25) is 0 Å². The fourth-order valence-corrected chi connectivity index (χ4v) is 4.56. The van der Waals surface area contributed by atoms with Gasteiger partial charge in [0.2, 0.25) is 0 Å². The third kappa shape index (κ3) is 3.81. The van der Waals surface area contributed by atoms with Crippen molar-refractivity contribution in [2.24, 2.45) is 11.8 Å². The van der Waals surface area contributed by atoms with Gasteiger partial charge in [0.05, 0.1) is 19.3 Å². The molecule has 4 rings (SSSR count). The Labute approximate surface area is 170 Å². The van der Waals surface area contributed by atoms with E-state index < -0.39 is 0 Å². The summed E-state index contributed by atoms with van der Waals surface area (Å²) >= 11 is 0. The van der Waals surface area contributed by atoms with E-state index >= 15 is 0 Å². The van der Waals surface area contributed by atoms with Crippen molar-refractivity contribution in [2.75, 3.05) is 26.7 Å². The summed E-state index contributed by atoms with van der Waals surface area (Å²) in [6, 6.07) is 11.8. The van der Waals surface area contributed by atoms with Crippen molar-refractivity contribution in [1.29, 1.82) is 0 Å². The third-order valence-electron chi connectivity index (χ3n) is 5.79. The zero-order valence-electron chi connectivity index (χ0n) is 17.0. The van der Waals surface area contributed by atoms with Crippen molar-refractivity contribution in [3.63, 3.8) is 0 Å².